The Morgan fingerprint density at radius 2 is 1.64 bits per heavy atom. The molecule has 0 spiro atoms. The number of anilines is 1. The van der Waals surface area contributed by atoms with Gasteiger partial charge in [-0.25, -0.2) is 17.8 Å². The zero-order valence-corrected chi connectivity index (χ0v) is 24.3. The number of benzene rings is 3. The highest BCUT2D eigenvalue weighted by molar-refractivity contribution is 7.90. The highest BCUT2D eigenvalue weighted by atomic mass is 32.2. The Balaban J connectivity index is 1.75. The molecule has 2 amide bonds. The number of carbonyl (C=O) groups excluding carboxylic acids is 3. The maximum Gasteiger partial charge on any atom is 0.416 e. The summed E-state index contributed by atoms with van der Waals surface area (Å²) in [6.07, 6.45) is -3.82. The van der Waals surface area contributed by atoms with Crippen LogP contribution in [0.2, 0.25) is 0 Å². The summed E-state index contributed by atoms with van der Waals surface area (Å²) in [7, 11) is -4.75. The molecule has 0 bridgehead atoms. The Morgan fingerprint density at radius 3 is 2.27 bits per heavy atom. The lowest BCUT2D eigenvalue weighted by atomic mass is 9.89. The van der Waals surface area contributed by atoms with Gasteiger partial charge in [-0.05, 0) is 68.4 Å². The number of alkyl halides is 3. The lowest BCUT2D eigenvalue weighted by Crippen LogP contribution is -2.43. The van der Waals surface area contributed by atoms with Crippen LogP contribution in [0.25, 0.3) is 11.3 Å². The molecule has 1 unspecified atom stereocenters. The summed E-state index contributed by atoms with van der Waals surface area (Å²) in [5, 5.41) is 13.4. The van der Waals surface area contributed by atoms with Gasteiger partial charge in [-0.15, -0.1) is 0 Å². The molecule has 5 rings (SSSR count). The van der Waals surface area contributed by atoms with Crippen LogP contribution in [-0.4, -0.2) is 35.8 Å². The number of sulfonamides is 1. The number of rotatable bonds is 6. The lowest BCUT2D eigenvalue weighted by Gasteiger charge is -2.33. The van der Waals surface area contributed by atoms with E-state index in [-0.39, 0.29) is 39.5 Å². The van der Waals surface area contributed by atoms with Crippen molar-refractivity contribution in [3.63, 3.8) is 0 Å². The molecule has 0 saturated carbocycles. The number of nitrogens with zero attached hydrogens (tertiary/aromatic N) is 4. The molecule has 4 aromatic rings. The van der Waals surface area contributed by atoms with E-state index in [0.717, 1.165) is 34.0 Å². The third-order valence-electron chi connectivity index (χ3n) is 7.13. The van der Waals surface area contributed by atoms with Crippen LogP contribution in [-0.2, 0) is 25.8 Å². The Bertz CT molecular complexity index is 2030. The average molecular weight is 634 g/mol. The van der Waals surface area contributed by atoms with Crippen LogP contribution in [0, 0.1) is 17.2 Å². The van der Waals surface area contributed by atoms with Gasteiger partial charge in [0.05, 0.1) is 40.6 Å². The number of aromatic nitrogens is 2. The molecule has 10 nitrogen and oxygen atoms in total. The summed E-state index contributed by atoms with van der Waals surface area (Å²) in [4.78, 5) is 40.4. The lowest BCUT2D eigenvalue weighted by molar-refractivity contribution is -0.137. The number of halogens is 3. The number of Topliss-reactive ketones (excluding diaryl/α,β-unsaturated/α-hetero) is 1. The summed E-state index contributed by atoms with van der Waals surface area (Å²) < 4.78 is 71.2. The third kappa shape index (κ3) is 5.73. The van der Waals surface area contributed by atoms with Gasteiger partial charge < -0.3 is 0 Å². The molecule has 0 saturated heterocycles. The van der Waals surface area contributed by atoms with E-state index in [0.29, 0.717) is 0 Å². The van der Waals surface area contributed by atoms with E-state index >= 15 is 0 Å². The zero-order chi connectivity index (χ0) is 32.7. The highest BCUT2D eigenvalue weighted by Crippen LogP contribution is 2.39. The van der Waals surface area contributed by atoms with Crippen molar-refractivity contribution in [2.45, 2.75) is 24.9 Å². The van der Waals surface area contributed by atoms with Gasteiger partial charge in [0.1, 0.15) is 10.6 Å². The first-order valence-electron chi connectivity index (χ1n) is 13.2. The van der Waals surface area contributed by atoms with Crippen molar-refractivity contribution in [1.82, 2.24) is 14.5 Å². The molecule has 0 aliphatic carbocycles. The number of ketones is 1. The topological polar surface area (TPSA) is 142 Å². The van der Waals surface area contributed by atoms with Gasteiger partial charge in [0, 0.05) is 16.9 Å². The monoisotopic (exact) mass is 633 g/mol. The summed E-state index contributed by atoms with van der Waals surface area (Å²) in [6, 6.07) is 19.1. The predicted molar refractivity (Wildman–Crippen MR) is 155 cm³/mol. The molecule has 2 heterocycles. The summed E-state index contributed by atoms with van der Waals surface area (Å²) in [5.41, 5.74) is -1.56. The SMILES string of the molecule is CC1=C(c2c(S(=O)(=O)NC(=O)c3ccccc3)cnn2-c2ccc(C#N)cc2)C(=O)C(C)C(=O)N1c1cccc(C(F)(F)F)c1. The molecule has 228 valence electrons. The minimum atomic E-state index is -4.75. The molecule has 0 radical (unpaired) electrons. The van der Waals surface area contributed by atoms with E-state index in [1.807, 2.05) is 10.8 Å². The third-order valence-corrected chi connectivity index (χ3v) is 8.46. The van der Waals surface area contributed by atoms with E-state index in [1.165, 1.54) is 68.4 Å². The van der Waals surface area contributed by atoms with Crippen molar-refractivity contribution in [1.29, 1.82) is 5.26 Å². The quantitative estimate of drug-likeness (QED) is 0.299. The van der Waals surface area contributed by atoms with Gasteiger partial charge in [0.25, 0.3) is 15.9 Å². The number of nitriles is 1. The van der Waals surface area contributed by atoms with E-state index in [9.17, 15) is 41.2 Å². The normalized spacial score (nSPS) is 15.6. The van der Waals surface area contributed by atoms with Gasteiger partial charge >= 0.3 is 6.18 Å². The second-order valence-corrected chi connectivity index (χ2v) is 11.6. The maximum absolute atomic E-state index is 13.8. The molecule has 1 atom stereocenters. The first-order valence-corrected chi connectivity index (χ1v) is 14.7. The molecule has 1 aliphatic rings. The molecular formula is C31H22F3N5O5S. The van der Waals surface area contributed by atoms with Crippen molar-refractivity contribution in [2.75, 3.05) is 4.90 Å². The van der Waals surface area contributed by atoms with Crippen molar-refractivity contribution < 1.29 is 36.0 Å². The molecule has 3 aromatic carbocycles. The second-order valence-electron chi connectivity index (χ2n) is 10.00. The van der Waals surface area contributed by atoms with Crippen LogP contribution in [0.1, 0.15) is 41.0 Å². The predicted octanol–water partition coefficient (Wildman–Crippen LogP) is 4.86. The number of hydrogen-bond donors (Lipinski definition) is 1. The Labute approximate surface area is 255 Å². The van der Waals surface area contributed by atoms with Crippen LogP contribution >= 0.6 is 0 Å². The standard InChI is InChI=1S/C31H22F3N5O5S/c1-18-28(40)26(19(2)38(30(18)42)24-10-6-9-22(15-24)31(32,33)34)27-25(17-36-39(27)23-13-11-20(16-35)12-14-23)45(43,44)37-29(41)21-7-4-3-5-8-21/h3-15,17-18H,1-2H3,(H,37,41). The summed E-state index contributed by atoms with van der Waals surface area (Å²) in [5.74, 6) is -4.05. The summed E-state index contributed by atoms with van der Waals surface area (Å²) in [6.45, 7) is 2.55. The minimum Gasteiger partial charge on any atom is -0.293 e. The number of allylic oxidation sites excluding steroid dienone is 2. The van der Waals surface area contributed by atoms with E-state index in [2.05, 4.69) is 5.10 Å². The van der Waals surface area contributed by atoms with Crippen molar-refractivity contribution in [2.24, 2.45) is 5.92 Å². The number of amides is 2. The van der Waals surface area contributed by atoms with Crippen LogP contribution in [0.15, 0.2) is 95.7 Å². The smallest absolute Gasteiger partial charge is 0.293 e. The maximum atomic E-state index is 13.8. The second kappa shape index (κ2) is 11.5. The Kier molecular flexibility index (Phi) is 7.90. The molecule has 0 fully saturated rings. The van der Waals surface area contributed by atoms with Crippen molar-refractivity contribution >= 4 is 38.9 Å². The van der Waals surface area contributed by atoms with Crippen LogP contribution in [0.3, 0.4) is 0 Å². The highest BCUT2D eigenvalue weighted by Gasteiger charge is 2.42. The van der Waals surface area contributed by atoms with E-state index < -0.39 is 50.2 Å². The summed E-state index contributed by atoms with van der Waals surface area (Å²) >= 11 is 0. The van der Waals surface area contributed by atoms with Crippen LogP contribution in [0.4, 0.5) is 18.9 Å². The first kappa shape index (κ1) is 30.9. The van der Waals surface area contributed by atoms with Gasteiger partial charge in [0.2, 0.25) is 5.91 Å². The molecule has 1 aliphatic heterocycles. The van der Waals surface area contributed by atoms with Gasteiger partial charge in [0.15, 0.2) is 5.78 Å². The van der Waals surface area contributed by atoms with Crippen LogP contribution < -0.4 is 9.62 Å². The van der Waals surface area contributed by atoms with Gasteiger partial charge in [-0.3, -0.25) is 19.3 Å². The number of nitrogens with one attached hydrogen (secondary N) is 1. The molecule has 45 heavy (non-hydrogen) atoms. The van der Waals surface area contributed by atoms with Crippen molar-refractivity contribution in [3.05, 3.63) is 113 Å². The number of hydrogen-bond acceptors (Lipinski definition) is 7. The molecule has 14 heteroatoms. The number of carbonyl (C=O) groups is 3. The van der Waals surface area contributed by atoms with E-state index in [4.69, 9.17) is 0 Å². The van der Waals surface area contributed by atoms with E-state index in [1.54, 1.807) is 6.07 Å². The average Bonchev–Trinajstić information content (AvgIpc) is 3.46. The van der Waals surface area contributed by atoms with Crippen LogP contribution in [0.5, 0.6) is 0 Å². The fraction of sp³-hybridized carbons (Fsp3) is 0.129. The molecule has 1 N–H and O–H groups in total. The fourth-order valence-corrected chi connectivity index (χ4v) is 5.97. The van der Waals surface area contributed by atoms with Gasteiger partial charge in [-0.2, -0.15) is 23.5 Å². The van der Waals surface area contributed by atoms with Gasteiger partial charge in [-0.1, -0.05) is 24.3 Å². The fourth-order valence-electron chi connectivity index (χ4n) is 4.87. The first-order chi connectivity index (χ1) is 21.2. The Morgan fingerprint density at radius 1 is 0.978 bits per heavy atom. The minimum absolute atomic E-state index is 0.0289. The molecular weight excluding hydrogens is 611 g/mol. The Hall–Kier alpha value is -5.55. The largest absolute Gasteiger partial charge is 0.416 e. The zero-order valence-electron chi connectivity index (χ0n) is 23.5. The van der Waals surface area contributed by atoms with Crippen molar-refractivity contribution in [3.8, 4) is 11.8 Å². The molecule has 1 aromatic heterocycles.